The van der Waals surface area contributed by atoms with Crippen LogP contribution in [0.3, 0.4) is 0 Å². The summed E-state index contributed by atoms with van der Waals surface area (Å²) in [5, 5.41) is 13.3. The van der Waals surface area contributed by atoms with Gasteiger partial charge in [-0.25, -0.2) is 14.5 Å². The summed E-state index contributed by atoms with van der Waals surface area (Å²) in [6.45, 7) is 0.691. The maximum Gasteiger partial charge on any atom is 0.319 e. The van der Waals surface area contributed by atoms with Crippen LogP contribution in [0.2, 0.25) is 0 Å². The van der Waals surface area contributed by atoms with Crippen LogP contribution >= 0.6 is 0 Å². The minimum Gasteiger partial charge on any atom is -0.481 e. The molecular weight excluding hydrogens is 396 g/mol. The molecule has 1 N–H and O–H groups in total. The van der Waals surface area contributed by atoms with E-state index in [0.29, 0.717) is 24.3 Å². The van der Waals surface area contributed by atoms with Crippen LogP contribution in [0.4, 0.5) is 6.01 Å². The Labute approximate surface area is 176 Å². The number of hydrogen-bond donors (Lipinski definition) is 1. The molecule has 10 nitrogen and oxygen atoms in total. The van der Waals surface area contributed by atoms with Crippen molar-refractivity contribution >= 4 is 11.5 Å². The summed E-state index contributed by atoms with van der Waals surface area (Å²) in [5.41, 5.74) is 4.61. The molecule has 5 aromatic rings. The van der Waals surface area contributed by atoms with E-state index >= 15 is 0 Å². The number of nitrogens with one attached hydrogen (secondary N) is 1. The smallest absolute Gasteiger partial charge is 0.319 e. The normalized spacial score (nSPS) is 15.9. The van der Waals surface area contributed by atoms with Gasteiger partial charge < -0.3 is 19.0 Å². The summed E-state index contributed by atoms with van der Waals surface area (Å²) in [7, 11) is 1.58. The van der Waals surface area contributed by atoms with E-state index in [1.807, 2.05) is 35.0 Å². The van der Waals surface area contributed by atoms with Gasteiger partial charge in [0.15, 0.2) is 0 Å². The predicted octanol–water partition coefficient (Wildman–Crippen LogP) is 2.66. The first-order valence-electron chi connectivity index (χ1n) is 9.87. The summed E-state index contributed by atoms with van der Waals surface area (Å²) in [6, 6.07) is 11.8. The van der Waals surface area contributed by atoms with Gasteiger partial charge in [-0.15, -0.1) is 5.10 Å². The van der Waals surface area contributed by atoms with Crippen molar-refractivity contribution in [3.05, 3.63) is 72.2 Å². The molecule has 0 spiro atoms. The Bertz CT molecular complexity index is 1320. The molecule has 0 fully saturated rings. The lowest BCUT2D eigenvalue weighted by atomic mass is 10.0. The fourth-order valence-corrected chi connectivity index (χ4v) is 3.95. The molecule has 6 rings (SSSR count). The van der Waals surface area contributed by atoms with Crippen molar-refractivity contribution in [1.82, 2.24) is 34.8 Å². The highest BCUT2D eigenvalue weighted by Gasteiger charge is 2.35. The van der Waals surface area contributed by atoms with Crippen LogP contribution in [0, 0.1) is 0 Å². The molecule has 31 heavy (non-hydrogen) atoms. The minimum atomic E-state index is -0.239. The van der Waals surface area contributed by atoms with Crippen LogP contribution in [0.1, 0.15) is 23.1 Å². The molecule has 1 atom stereocenters. The molecule has 0 saturated carbocycles. The van der Waals surface area contributed by atoms with Gasteiger partial charge in [0.05, 0.1) is 35.9 Å². The van der Waals surface area contributed by atoms with E-state index in [1.165, 1.54) is 0 Å². The van der Waals surface area contributed by atoms with Gasteiger partial charge in [-0.1, -0.05) is 11.2 Å². The largest absolute Gasteiger partial charge is 0.481 e. The van der Waals surface area contributed by atoms with Crippen molar-refractivity contribution in [2.24, 2.45) is 0 Å². The third-order valence-corrected chi connectivity index (χ3v) is 5.45. The van der Waals surface area contributed by atoms with Gasteiger partial charge in [0.2, 0.25) is 5.88 Å². The molecule has 1 aliphatic heterocycles. The van der Waals surface area contributed by atoms with Gasteiger partial charge in [-0.05, 0) is 24.3 Å². The Morgan fingerprint density at radius 3 is 2.97 bits per heavy atom. The topological polar surface area (TPSA) is 110 Å². The highest BCUT2D eigenvalue weighted by molar-refractivity contribution is 5.55. The first-order chi connectivity index (χ1) is 15.3. The van der Waals surface area contributed by atoms with Crippen LogP contribution in [0.15, 0.2) is 59.5 Å². The van der Waals surface area contributed by atoms with Crippen molar-refractivity contribution in [3.8, 4) is 17.3 Å². The Morgan fingerprint density at radius 2 is 2.13 bits per heavy atom. The van der Waals surface area contributed by atoms with Gasteiger partial charge in [0.1, 0.15) is 6.04 Å². The average molecular weight is 414 g/mol. The molecule has 0 aromatic carbocycles. The second-order valence-corrected chi connectivity index (χ2v) is 7.23. The van der Waals surface area contributed by atoms with Gasteiger partial charge in [0.25, 0.3) is 5.89 Å². The Balaban J connectivity index is 1.41. The van der Waals surface area contributed by atoms with E-state index in [2.05, 4.69) is 36.1 Å². The zero-order valence-corrected chi connectivity index (χ0v) is 16.6. The molecule has 0 unspecified atom stereocenters. The predicted molar refractivity (Wildman–Crippen MR) is 111 cm³/mol. The first kappa shape index (κ1) is 17.6. The number of hydrogen-bond acceptors (Lipinski definition) is 8. The number of aromatic nitrogens is 7. The summed E-state index contributed by atoms with van der Waals surface area (Å²) in [5.74, 6) is 0.921. The van der Waals surface area contributed by atoms with Crippen LogP contribution in [0.5, 0.6) is 5.88 Å². The van der Waals surface area contributed by atoms with Crippen molar-refractivity contribution in [1.29, 1.82) is 0 Å². The molecule has 0 aliphatic carbocycles. The fraction of sp³-hybridized carbons (Fsp3) is 0.190. The zero-order valence-electron chi connectivity index (χ0n) is 16.6. The second-order valence-electron chi connectivity index (χ2n) is 7.23. The zero-order chi connectivity index (χ0) is 20.8. The lowest BCUT2D eigenvalue weighted by Gasteiger charge is -2.32. The molecule has 0 amide bonds. The quantitative estimate of drug-likeness (QED) is 0.478. The number of ether oxygens (including phenoxy) is 1. The Morgan fingerprint density at radius 1 is 1.16 bits per heavy atom. The lowest BCUT2D eigenvalue weighted by Crippen LogP contribution is -2.36. The van der Waals surface area contributed by atoms with Crippen LogP contribution in [-0.2, 0) is 6.42 Å². The van der Waals surface area contributed by atoms with E-state index in [0.717, 1.165) is 34.6 Å². The van der Waals surface area contributed by atoms with Crippen LogP contribution in [-0.4, -0.2) is 48.4 Å². The molecule has 154 valence electrons. The van der Waals surface area contributed by atoms with Crippen molar-refractivity contribution < 1.29 is 9.15 Å². The van der Waals surface area contributed by atoms with Crippen molar-refractivity contribution in [3.63, 3.8) is 0 Å². The van der Waals surface area contributed by atoms with Gasteiger partial charge in [-0.3, -0.25) is 0 Å². The molecule has 6 heterocycles. The fourth-order valence-electron chi connectivity index (χ4n) is 3.95. The number of anilines is 1. The summed E-state index contributed by atoms with van der Waals surface area (Å²) in [4.78, 5) is 14.1. The third kappa shape index (κ3) is 2.91. The third-order valence-electron chi connectivity index (χ3n) is 5.45. The van der Waals surface area contributed by atoms with Crippen molar-refractivity contribution in [2.45, 2.75) is 12.5 Å². The average Bonchev–Trinajstić information content (AvgIpc) is 3.57. The maximum atomic E-state index is 6.05. The molecule has 0 radical (unpaired) electrons. The SMILES string of the molecule is COc1ccc(-c2nnc(N3CCc4[nH]cnc4[C@H]3c3cc4ccccn4n3)o2)cn1. The molecule has 1 aliphatic rings. The second kappa shape index (κ2) is 6.94. The number of pyridine rings is 2. The Hall–Kier alpha value is -4.21. The summed E-state index contributed by atoms with van der Waals surface area (Å²) in [6.07, 6.45) is 6.09. The minimum absolute atomic E-state index is 0.239. The molecule has 10 heteroatoms. The number of aromatic amines is 1. The number of fused-ring (bicyclic) bond motifs is 2. The van der Waals surface area contributed by atoms with E-state index in [-0.39, 0.29) is 6.04 Å². The van der Waals surface area contributed by atoms with Crippen LogP contribution < -0.4 is 9.64 Å². The number of H-pyrrole nitrogens is 1. The van der Waals surface area contributed by atoms with E-state index < -0.39 is 0 Å². The number of nitrogens with zero attached hydrogens (tertiary/aromatic N) is 7. The number of imidazole rings is 1. The molecule has 5 aromatic heterocycles. The standard InChI is InChI=1S/C21H18N8O2/c1-30-17-6-5-13(11-22-17)20-25-26-21(31-20)28-9-7-15-18(24-12-23-15)19(28)16-10-14-4-2-3-8-29(14)27-16/h2-6,8,10-12,19H,7,9H2,1H3,(H,23,24)/t19-/m1/s1. The first-order valence-corrected chi connectivity index (χ1v) is 9.87. The summed E-state index contributed by atoms with van der Waals surface area (Å²) >= 11 is 0. The lowest BCUT2D eigenvalue weighted by molar-refractivity contribution is 0.398. The molecular formula is C21H18N8O2. The van der Waals surface area contributed by atoms with Crippen molar-refractivity contribution in [2.75, 3.05) is 18.6 Å². The van der Waals surface area contributed by atoms with Gasteiger partial charge in [0, 0.05) is 37.1 Å². The van der Waals surface area contributed by atoms with E-state index in [4.69, 9.17) is 14.3 Å². The van der Waals surface area contributed by atoms with Crippen LogP contribution in [0.25, 0.3) is 17.0 Å². The number of rotatable bonds is 4. The Kier molecular flexibility index (Phi) is 3.95. The van der Waals surface area contributed by atoms with E-state index in [9.17, 15) is 0 Å². The highest BCUT2D eigenvalue weighted by atomic mass is 16.5. The monoisotopic (exact) mass is 414 g/mol. The maximum absolute atomic E-state index is 6.05. The van der Waals surface area contributed by atoms with E-state index in [1.54, 1.807) is 25.7 Å². The van der Waals surface area contributed by atoms with Gasteiger partial charge in [-0.2, -0.15) is 5.10 Å². The van der Waals surface area contributed by atoms with Gasteiger partial charge >= 0.3 is 6.01 Å². The molecule has 0 bridgehead atoms. The number of methoxy groups -OCH3 is 1. The summed E-state index contributed by atoms with van der Waals surface area (Å²) < 4.78 is 13.0. The molecule has 0 saturated heterocycles. The highest BCUT2D eigenvalue weighted by Crippen LogP contribution is 2.37.